The summed E-state index contributed by atoms with van der Waals surface area (Å²) in [6.07, 6.45) is 4.60. The molecule has 0 bridgehead atoms. The largest absolute Gasteiger partial charge is 0.385 e. The number of likely N-dealkylation sites (tertiary alicyclic amines) is 1. The van der Waals surface area contributed by atoms with Crippen molar-refractivity contribution in [2.24, 2.45) is 0 Å². The molecule has 1 saturated heterocycles. The molecule has 104 valence electrons. The predicted octanol–water partition coefficient (Wildman–Crippen LogP) is 0.947. The van der Waals surface area contributed by atoms with E-state index in [9.17, 15) is 4.79 Å². The Morgan fingerprint density at radius 2 is 2.22 bits per heavy atom. The second kappa shape index (κ2) is 6.38. The molecule has 0 unspecified atom stereocenters. The van der Waals surface area contributed by atoms with Gasteiger partial charge >= 0.3 is 6.03 Å². The Labute approximate surface area is 109 Å². The number of rotatable bonds is 6. The predicted molar refractivity (Wildman–Crippen MR) is 70.6 cm³/mol. The molecular formula is C13H25N3O2. The van der Waals surface area contributed by atoms with Gasteiger partial charge in [0.05, 0.1) is 0 Å². The standard InChI is InChI=1S/C13H25N3O2/c1-10-8-11(9-16(10)12-4-5-12)15-13(17)14-6-3-7-18-2/h10-12H,3-9H2,1-2H3,(H2,14,15,17)/t10-,11+/m0/s1. The number of amides is 2. The molecule has 1 aliphatic heterocycles. The van der Waals surface area contributed by atoms with Crippen molar-refractivity contribution < 1.29 is 9.53 Å². The van der Waals surface area contributed by atoms with Crippen molar-refractivity contribution in [2.45, 2.75) is 50.7 Å². The van der Waals surface area contributed by atoms with Gasteiger partial charge in [0.15, 0.2) is 0 Å². The van der Waals surface area contributed by atoms with Gasteiger partial charge in [-0.1, -0.05) is 0 Å². The molecule has 2 fully saturated rings. The molecule has 1 heterocycles. The maximum atomic E-state index is 11.7. The normalized spacial score (nSPS) is 28.3. The van der Waals surface area contributed by atoms with Gasteiger partial charge in [0.2, 0.25) is 0 Å². The molecule has 2 rings (SSSR count). The van der Waals surface area contributed by atoms with E-state index in [-0.39, 0.29) is 6.03 Å². The summed E-state index contributed by atoms with van der Waals surface area (Å²) < 4.78 is 4.94. The lowest BCUT2D eigenvalue weighted by molar-refractivity contribution is 0.193. The summed E-state index contributed by atoms with van der Waals surface area (Å²) in [6.45, 7) is 4.64. The maximum Gasteiger partial charge on any atom is 0.315 e. The first-order valence-electron chi connectivity index (χ1n) is 6.99. The third-order valence-electron chi connectivity index (χ3n) is 3.78. The molecule has 5 nitrogen and oxygen atoms in total. The second-order valence-corrected chi connectivity index (χ2v) is 5.46. The van der Waals surface area contributed by atoms with E-state index >= 15 is 0 Å². The molecule has 18 heavy (non-hydrogen) atoms. The Bertz CT molecular complexity index is 281. The monoisotopic (exact) mass is 255 g/mol. The van der Waals surface area contributed by atoms with E-state index in [1.54, 1.807) is 7.11 Å². The Hall–Kier alpha value is -0.810. The number of nitrogens with one attached hydrogen (secondary N) is 2. The highest BCUT2D eigenvalue weighted by Gasteiger charge is 2.39. The summed E-state index contributed by atoms with van der Waals surface area (Å²) in [4.78, 5) is 14.2. The van der Waals surface area contributed by atoms with Crippen molar-refractivity contribution >= 4 is 6.03 Å². The Kier molecular flexibility index (Phi) is 4.83. The minimum atomic E-state index is -0.0408. The summed E-state index contributed by atoms with van der Waals surface area (Å²) in [5.74, 6) is 0. The van der Waals surface area contributed by atoms with Crippen molar-refractivity contribution in [3.8, 4) is 0 Å². The number of methoxy groups -OCH3 is 1. The molecule has 0 aromatic rings. The first-order chi connectivity index (χ1) is 8.70. The summed E-state index contributed by atoms with van der Waals surface area (Å²) in [6, 6.07) is 1.66. The number of hydrogen-bond donors (Lipinski definition) is 2. The van der Waals surface area contributed by atoms with Crippen LogP contribution in [0.5, 0.6) is 0 Å². The fourth-order valence-corrected chi connectivity index (χ4v) is 2.73. The fourth-order valence-electron chi connectivity index (χ4n) is 2.73. The van der Waals surface area contributed by atoms with Crippen LogP contribution >= 0.6 is 0 Å². The zero-order valence-electron chi connectivity index (χ0n) is 11.4. The van der Waals surface area contributed by atoms with Gasteiger partial charge in [0.1, 0.15) is 0 Å². The molecular weight excluding hydrogens is 230 g/mol. The maximum absolute atomic E-state index is 11.7. The fraction of sp³-hybridized carbons (Fsp3) is 0.923. The highest BCUT2D eigenvalue weighted by Crippen LogP contribution is 2.33. The molecule has 0 spiro atoms. The molecule has 2 amide bonds. The van der Waals surface area contributed by atoms with E-state index in [0.717, 1.165) is 25.4 Å². The van der Waals surface area contributed by atoms with E-state index in [1.165, 1.54) is 12.8 Å². The van der Waals surface area contributed by atoms with Gasteiger partial charge in [-0.25, -0.2) is 4.79 Å². The molecule has 1 saturated carbocycles. The molecule has 2 aliphatic rings. The Morgan fingerprint density at radius 1 is 1.44 bits per heavy atom. The number of nitrogens with zero attached hydrogens (tertiary/aromatic N) is 1. The van der Waals surface area contributed by atoms with Crippen molar-refractivity contribution in [3.63, 3.8) is 0 Å². The van der Waals surface area contributed by atoms with E-state index in [2.05, 4.69) is 22.5 Å². The van der Waals surface area contributed by atoms with Crippen LogP contribution in [0.1, 0.15) is 32.6 Å². The van der Waals surface area contributed by atoms with E-state index in [4.69, 9.17) is 4.74 Å². The molecule has 2 atom stereocenters. The number of carbonyl (C=O) groups excluding carboxylic acids is 1. The lowest BCUT2D eigenvalue weighted by atomic mass is 10.2. The van der Waals surface area contributed by atoms with E-state index < -0.39 is 0 Å². The summed E-state index contributed by atoms with van der Waals surface area (Å²) in [5, 5.41) is 5.94. The summed E-state index contributed by atoms with van der Waals surface area (Å²) >= 11 is 0. The quantitative estimate of drug-likeness (QED) is 0.695. The Balaban J connectivity index is 1.62. The van der Waals surface area contributed by atoms with Gasteiger partial charge in [-0.15, -0.1) is 0 Å². The van der Waals surface area contributed by atoms with Gasteiger partial charge in [0.25, 0.3) is 0 Å². The average Bonchev–Trinajstić information content (AvgIpc) is 3.10. The van der Waals surface area contributed by atoms with Crippen LogP contribution < -0.4 is 10.6 Å². The molecule has 0 aromatic heterocycles. The highest BCUT2D eigenvalue weighted by atomic mass is 16.5. The van der Waals surface area contributed by atoms with Crippen LogP contribution in [-0.2, 0) is 4.74 Å². The lowest BCUT2D eigenvalue weighted by Crippen LogP contribution is -2.43. The summed E-state index contributed by atoms with van der Waals surface area (Å²) in [5.41, 5.74) is 0. The van der Waals surface area contributed by atoms with Gasteiger partial charge < -0.3 is 15.4 Å². The van der Waals surface area contributed by atoms with Gasteiger partial charge in [-0.2, -0.15) is 0 Å². The smallest absolute Gasteiger partial charge is 0.315 e. The molecule has 0 radical (unpaired) electrons. The van der Waals surface area contributed by atoms with Crippen LogP contribution in [0.25, 0.3) is 0 Å². The molecule has 0 aromatic carbocycles. The number of ether oxygens (including phenoxy) is 1. The van der Waals surface area contributed by atoms with Gasteiger partial charge in [-0.05, 0) is 32.6 Å². The number of urea groups is 1. The highest BCUT2D eigenvalue weighted by molar-refractivity contribution is 5.74. The van der Waals surface area contributed by atoms with Crippen molar-refractivity contribution in [1.29, 1.82) is 0 Å². The first-order valence-corrected chi connectivity index (χ1v) is 6.99. The van der Waals surface area contributed by atoms with Crippen molar-refractivity contribution in [3.05, 3.63) is 0 Å². The van der Waals surface area contributed by atoms with E-state index in [1.807, 2.05) is 0 Å². The van der Waals surface area contributed by atoms with Crippen LogP contribution in [0.4, 0.5) is 4.79 Å². The van der Waals surface area contributed by atoms with Crippen LogP contribution in [0.2, 0.25) is 0 Å². The van der Waals surface area contributed by atoms with Crippen molar-refractivity contribution in [1.82, 2.24) is 15.5 Å². The van der Waals surface area contributed by atoms with Gasteiger partial charge in [0, 0.05) is 44.9 Å². The molecule has 5 heteroatoms. The number of hydrogen-bond acceptors (Lipinski definition) is 3. The minimum absolute atomic E-state index is 0.0408. The zero-order chi connectivity index (χ0) is 13.0. The second-order valence-electron chi connectivity index (χ2n) is 5.46. The zero-order valence-corrected chi connectivity index (χ0v) is 11.4. The average molecular weight is 255 g/mol. The lowest BCUT2D eigenvalue weighted by Gasteiger charge is -2.19. The first kappa shape index (κ1) is 13.6. The topological polar surface area (TPSA) is 53.6 Å². The van der Waals surface area contributed by atoms with E-state index in [0.29, 0.717) is 25.2 Å². The minimum Gasteiger partial charge on any atom is -0.385 e. The van der Waals surface area contributed by atoms with Crippen LogP contribution in [-0.4, -0.2) is 55.9 Å². The van der Waals surface area contributed by atoms with Crippen molar-refractivity contribution in [2.75, 3.05) is 26.8 Å². The van der Waals surface area contributed by atoms with Gasteiger partial charge in [-0.3, -0.25) is 4.90 Å². The molecule has 1 aliphatic carbocycles. The third-order valence-corrected chi connectivity index (χ3v) is 3.78. The third kappa shape index (κ3) is 3.85. The van der Waals surface area contributed by atoms with Crippen LogP contribution in [0.15, 0.2) is 0 Å². The van der Waals surface area contributed by atoms with Crippen LogP contribution in [0, 0.1) is 0 Å². The number of carbonyl (C=O) groups is 1. The Morgan fingerprint density at radius 3 is 2.89 bits per heavy atom. The summed E-state index contributed by atoms with van der Waals surface area (Å²) in [7, 11) is 1.67. The SMILES string of the molecule is COCCCNC(=O)N[C@@H]1C[C@H](C)N(C2CC2)C1. The molecule has 2 N–H and O–H groups in total. The van der Waals surface area contributed by atoms with Crippen LogP contribution in [0.3, 0.4) is 0 Å².